The molecule has 4 saturated carbocycles. The molecular weight excluding hydrogens is 220 g/mol. The predicted molar refractivity (Wildman–Crippen MR) is 69.0 cm³/mol. The number of rotatable bonds is 1. The third-order valence-corrected chi connectivity index (χ3v) is 5.20. The molecule has 2 nitrogen and oxygen atoms in total. The SMILES string of the molecule is CC12CC3CC(C)(C1)CC(C(=N)N)(C3)C2.Cl. The van der Waals surface area contributed by atoms with Gasteiger partial charge in [-0.05, 0) is 55.3 Å². The Bertz CT molecular complexity index is 321. The summed E-state index contributed by atoms with van der Waals surface area (Å²) >= 11 is 0. The lowest BCUT2D eigenvalue weighted by molar-refractivity contribution is -0.116. The number of hydrogen-bond acceptors (Lipinski definition) is 1. The fourth-order valence-electron chi connectivity index (χ4n) is 5.75. The second-order valence-corrected chi connectivity index (χ2v) is 7.32. The van der Waals surface area contributed by atoms with E-state index in [-0.39, 0.29) is 17.8 Å². The first-order chi connectivity index (χ1) is 6.85. The molecule has 4 aliphatic carbocycles. The Morgan fingerprint density at radius 3 is 1.94 bits per heavy atom. The third-order valence-electron chi connectivity index (χ3n) is 5.20. The molecule has 4 rings (SSSR count). The summed E-state index contributed by atoms with van der Waals surface area (Å²) < 4.78 is 0. The van der Waals surface area contributed by atoms with Crippen LogP contribution in [0.1, 0.15) is 52.4 Å². The third kappa shape index (κ3) is 1.49. The van der Waals surface area contributed by atoms with Crippen LogP contribution in [-0.4, -0.2) is 5.84 Å². The van der Waals surface area contributed by atoms with Crippen LogP contribution in [0, 0.1) is 27.6 Å². The monoisotopic (exact) mass is 242 g/mol. The smallest absolute Gasteiger partial charge is 0.0969 e. The highest BCUT2D eigenvalue weighted by molar-refractivity contribution is 5.85. The van der Waals surface area contributed by atoms with Crippen molar-refractivity contribution in [1.29, 1.82) is 5.41 Å². The summed E-state index contributed by atoms with van der Waals surface area (Å²) in [6.07, 6.45) is 7.71. The van der Waals surface area contributed by atoms with Crippen LogP contribution in [0.15, 0.2) is 0 Å². The van der Waals surface area contributed by atoms with E-state index in [2.05, 4.69) is 13.8 Å². The Morgan fingerprint density at radius 1 is 1.06 bits per heavy atom. The van der Waals surface area contributed by atoms with Gasteiger partial charge in [0.2, 0.25) is 0 Å². The fourth-order valence-corrected chi connectivity index (χ4v) is 5.75. The van der Waals surface area contributed by atoms with Crippen LogP contribution < -0.4 is 5.73 Å². The maximum Gasteiger partial charge on any atom is 0.0969 e. The van der Waals surface area contributed by atoms with Gasteiger partial charge in [-0.1, -0.05) is 13.8 Å². The zero-order chi connectivity index (χ0) is 10.9. The Morgan fingerprint density at radius 2 is 1.56 bits per heavy atom. The molecule has 0 aromatic carbocycles. The van der Waals surface area contributed by atoms with Gasteiger partial charge in [-0.3, -0.25) is 5.41 Å². The van der Waals surface area contributed by atoms with Crippen molar-refractivity contribution in [3.63, 3.8) is 0 Å². The summed E-state index contributed by atoms with van der Waals surface area (Å²) in [5.41, 5.74) is 6.95. The Labute approximate surface area is 104 Å². The Balaban J connectivity index is 0.000000963. The highest BCUT2D eigenvalue weighted by atomic mass is 35.5. The van der Waals surface area contributed by atoms with Gasteiger partial charge in [0.25, 0.3) is 0 Å². The molecular formula is C13H23ClN2. The van der Waals surface area contributed by atoms with Gasteiger partial charge in [-0.15, -0.1) is 12.4 Å². The maximum atomic E-state index is 7.92. The molecule has 0 spiro atoms. The minimum absolute atomic E-state index is 0. The van der Waals surface area contributed by atoms with Crippen LogP contribution >= 0.6 is 12.4 Å². The molecule has 4 fully saturated rings. The lowest BCUT2D eigenvalue weighted by atomic mass is 9.40. The summed E-state index contributed by atoms with van der Waals surface area (Å²) in [4.78, 5) is 0. The molecule has 0 saturated heterocycles. The molecule has 3 N–H and O–H groups in total. The molecule has 3 heteroatoms. The Kier molecular flexibility index (Phi) is 2.41. The van der Waals surface area contributed by atoms with E-state index >= 15 is 0 Å². The van der Waals surface area contributed by atoms with E-state index in [9.17, 15) is 0 Å². The van der Waals surface area contributed by atoms with Gasteiger partial charge in [-0.2, -0.15) is 0 Å². The second-order valence-electron chi connectivity index (χ2n) is 7.32. The molecule has 0 aromatic heterocycles. The van der Waals surface area contributed by atoms with Crippen molar-refractivity contribution >= 4 is 18.2 Å². The molecule has 2 atom stereocenters. The highest BCUT2D eigenvalue weighted by Gasteiger charge is 2.61. The van der Waals surface area contributed by atoms with Crippen LogP contribution in [0.3, 0.4) is 0 Å². The van der Waals surface area contributed by atoms with Crippen molar-refractivity contribution in [3.05, 3.63) is 0 Å². The molecule has 0 aromatic rings. The standard InChI is InChI=1S/C13H22N2.ClH/c1-11-3-9-4-12(2,6-11)8-13(5-9,7-11)10(14)15;/h9H,3-8H2,1-2H3,(H3,14,15);1H. The number of amidine groups is 1. The molecule has 4 bridgehead atoms. The van der Waals surface area contributed by atoms with E-state index in [1.54, 1.807) is 0 Å². The van der Waals surface area contributed by atoms with E-state index in [4.69, 9.17) is 11.1 Å². The van der Waals surface area contributed by atoms with Crippen LogP contribution in [0.2, 0.25) is 0 Å². The maximum absolute atomic E-state index is 7.92. The van der Waals surface area contributed by atoms with E-state index in [0.29, 0.717) is 16.7 Å². The first-order valence-corrected chi connectivity index (χ1v) is 6.20. The summed E-state index contributed by atoms with van der Waals surface area (Å²) in [5, 5.41) is 7.92. The van der Waals surface area contributed by atoms with E-state index < -0.39 is 0 Å². The Hall–Kier alpha value is -0.240. The average molecular weight is 243 g/mol. The molecule has 2 unspecified atom stereocenters. The lowest BCUT2D eigenvalue weighted by Crippen LogP contribution is -2.58. The normalized spacial score (nSPS) is 53.5. The van der Waals surface area contributed by atoms with Crippen molar-refractivity contribution in [1.82, 2.24) is 0 Å². The topological polar surface area (TPSA) is 49.9 Å². The zero-order valence-electron chi connectivity index (χ0n) is 10.3. The van der Waals surface area contributed by atoms with Gasteiger partial charge in [0.15, 0.2) is 0 Å². The predicted octanol–water partition coefficient (Wildman–Crippen LogP) is 3.34. The van der Waals surface area contributed by atoms with Crippen molar-refractivity contribution in [2.75, 3.05) is 0 Å². The molecule has 0 radical (unpaired) electrons. The fraction of sp³-hybridized carbons (Fsp3) is 0.923. The summed E-state index contributed by atoms with van der Waals surface area (Å²) in [6, 6.07) is 0. The minimum Gasteiger partial charge on any atom is -0.387 e. The number of halogens is 1. The van der Waals surface area contributed by atoms with Crippen molar-refractivity contribution in [3.8, 4) is 0 Å². The first kappa shape index (κ1) is 12.2. The van der Waals surface area contributed by atoms with Gasteiger partial charge in [0.05, 0.1) is 5.84 Å². The largest absolute Gasteiger partial charge is 0.387 e. The van der Waals surface area contributed by atoms with Crippen LogP contribution in [0.5, 0.6) is 0 Å². The van der Waals surface area contributed by atoms with Gasteiger partial charge < -0.3 is 5.73 Å². The van der Waals surface area contributed by atoms with Gasteiger partial charge in [0.1, 0.15) is 0 Å². The second kappa shape index (κ2) is 3.16. The van der Waals surface area contributed by atoms with E-state index in [1.807, 2.05) is 0 Å². The van der Waals surface area contributed by atoms with Crippen molar-refractivity contribution in [2.45, 2.75) is 52.4 Å². The molecule has 0 amide bonds. The molecule has 4 aliphatic rings. The van der Waals surface area contributed by atoms with Crippen LogP contribution in [-0.2, 0) is 0 Å². The first-order valence-electron chi connectivity index (χ1n) is 6.20. The number of hydrogen-bond donors (Lipinski definition) is 2. The number of nitrogens with two attached hydrogens (primary N) is 1. The summed E-state index contributed by atoms with van der Waals surface area (Å²) in [6.45, 7) is 4.85. The molecule has 0 heterocycles. The zero-order valence-corrected chi connectivity index (χ0v) is 11.1. The number of nitrogens with one attached hydrogen (secondary N) is 1. The molecule has 0 aliphatic heterocycles. The quantitative estimate of drug-likeness (QED) is 0.538. The van der Waals surface area contributed by atoms with Gasteiger partial charge in [-0.25, -0.2) is 0 Å². The van der Waals surface area contributed by atoms with Crippen LogP contribution in [0.4, 0.5) is 0 Å². The highest BCUT2D eigenvalue weighted by Crippen LogP contribution is 2.69. The van der Waals surface area contributed by atoms with E-state index in [1.165, 1.54) is 38.5 Å². The molecule has 92 valence electrons. The van der Waals surface area contributed by atoms with Crippen molar-refractivity contribution < 1.29 is 0 Å². The van der Waals surface area contributed by atoms with Crippen LogP contribution in [0.25, 0.3) is 0 Å². The molecule has 16 heavy (non-hydrogen) atoms. The van der Waals surface area contributed by atoms with Gasteiger partial charge in [0, 0.05) is 5.41 Å². The summed E-state index contributed by atoms with van der Waals surface area (Å²) in [7, 11) is 0. The van der Waals surface area contributed by atoms with E-state index in [0.717, 1.165) is 5.92 Å². The van der Waals surface area contributed by atoms with Gasteiger partial charge >= 0.3 is 0 Å². The minimum atomic E-state index is 0. The summed E-state index contributed by atoms with van der Waals surface area (Å²) in [5.74, 6) is 1.32. The lowest BCUT2D eigenvalue weighted by Gasteiger charge is -2.65. The van der Waals surface area contributed by atoms with Crippen molar-refractivity contribution in [2.24, 2.45) is 27.9 Å². The average Bonchev–Trinajstić information content (AvgIpc) is 1.95.